The Balaban J connectivity index is 1.60. The number of amides is 2. The van der Waals surface area contributed by atoms with Crippen molar-refractivity contribution in [2.45, 2.75) is 25.8 Å². The van der Waals surface area contributed by atoms with Gasteiger partial charge in [0.05, 0.1) is 25.3 Å². The Bertz CT molecular complexity index is 820. The van der Waals surface area contributed by atoms with Crippen LogP contribution in [0.3, 0.4) is 0 Å². The molecule has 2 aromatic carbocycles. The van der Waals surface area contributed by atoms with Crippen molar-refractivity contribution in [2.75, 3.05) is 18.6 Å². The molecule has 0 spiro atoms. The van der Waals surface area contributed by atoms with Gasteiger partial charge in [0.1, 0.15) is 5.75 Å². The molecule has 0 aliphatic carbocycles. The zero-order valence-electron chi connectivity index (χ0n) is 14.8. The summed E-state index contributed by atoms with van der Waals surface area (Å²) in [6, 6.07) is 12.5. The van der Waals surface area contributed by atoms with E-state index < -0.39 is 6.04 Å². The number of nitrogens with zero attached hydrogens (tertiary/aromatic N) is 1. The second kappa shape index (κ2) is 7.89. The average molecular weight is 373 g/mol. The predicted octanol–water partition coefficient (Wildman–Crippen LogP) is 3.12. The molecule has 2 amide bonds. The maximum atomic E-state index is 12.6. The van der Waals surface area contributed by atoms with Crippen molar-refractivity contribution < 1.29 is 14.3 Å². The van der Waals surface area contributed by atoms with Gasteiger partial charge in [-0.15, -0.1) is 0 Å². The molecule has 1 N–H and O–H groups in total. The number of hydrogen-bond acceptors (Lipinski definition) is 4. The van der Waals surface area contributed by atoms with Crippen LogP contribution >= 0.6 is 11.6 Å². The molecule has 1 heterocycles. The Kier molecular flexibility index (Phi) is 5.59. The van der Waals surface area contributed by atoms with Crippen LogP contribution in [0.25, 0.3) is 0 Å². The number of halogens is 1. The minimum Gasteiger partial charge on any atom is -0.497 e. The first-order valence-corrected chi connectivity index (χ1v) is 8.86. The number of carbonyl (C=O) groups excluding carboxylic acids is 2. The predicted molar refractivity (Wildman–Crippen MR) is 102 cm³/mol. The molecule has 2 aromatic rings. The van der Waals surface area contributed by atoms with Gasteiger partial charge >= 0.3 is 0 Å². The lowest BCUT2D eigenvalue weighted by molar-refractivity contribution is -0.121. The summed E-state index contributed by atoms with van der Waals surface area (Å²) >= 11 is 6.12. The lowest BCUT2D eigenvalue weighted by atomic mass is 10.1. The number of hydrogen-bond donors (Lipinski definition) is 1. The third kappa shape index (κ3) is 3.89. The number of benzene rings is 2. The number of anilines is 1. The van der Waals surface area contributed by atoms with E-state index in [0.29, 0.717) is 17.3 Å². The summed E-state index contributed by atoms with van der Waals surface area (Å²) in [5.41, 5.74) is 2.57. The van der Waals surface area contributed by atoms with Crippen LogP contribution in [0.4, 0.5) is 5.69 Å². The molecule has 5 nitrogen and oxygen atoms in total. The number of methoxy groups -OCH3 is 1. The molecule has 1 unspecified atom stereocenters. The van der Waals surface area contributed by atoms with E-state index in [1.807, 2.05) is 37.3 Å². The number of carbonyl (C=O) groups is 2. The summed E-state index contributed by atoms with van der Waals surface area (Å²) in [6.07, 6.45) is 0.922. The number of nitrogens with one attached hydrogen (secondary N) is 1. The maximum Gasteiger partial charge on any atom is 0.251 e. The van der Waals surface area contributed by atoms with Gasteiger partial charge in [0.25, 0.3) is 5.91 Å². The molecule has 0 aromatic heterocycles. The fourth-order valence-electron chi connectivity index (χ4n) is 2.97. The van der Waals surface area contributed by atoms with Gasteiger partial charge in [-0.05, 0) is 55.3 Å². The molecule has 0 bridgehead atoms. The summed E-state index contributed by atoms with van der Waals surface area (Å²) in [7, 11) is 1.63. The fraction of sp³-hybridized carbons (Fsp3) is 0.300. The Morgan fingerprint density at radius 2 is 1.92 bits per heavy atom. The highest BCUT2D eigenvalue weighted by molar-refractivity contribution is 6.32. The maximum absolute atomic E-state index is 12.6. The van der Waals surface area contributed by atoms with E-state index in [0.717, 1.165) is 23.3 Å². The lowest BCUT2D eigenvalue weighted by Gasteiger charge is -2.16. The first kappa shape index (κ1) is 18.4. The topological polar surface area (TPSA) is 58.6 Å². The minimum atomic E-state index is -0.499. The number of ether oxygens (including phenoxy) is 1. The summed E-state index contributed by atoms with van der Waals surface area (Å²) in [6.45, 7) is 2.49. The molecule has 1 aliphatic rings. The second-order valence-electron chi connectivity index (χ2n) is 6.31. The van der Waals surface area contributed by atoms with Gasteiger partial charge < -0.3 is 10.1 Å². The molecule has 1 atom stereocenters. The van der Waals surface area contributed by atoms with Crippen molar-refractivity contribution in [1.82, 2.24) is 5.32 Å². The Hall–Kier alpha value is -2.37. The molecule has 1 fully saturated rings. The molecule has 3 rings (SSSR count). The van der Waals surface area contributed by atoms with Crippen LogP contribution in [-0.4, -0.2) is 31.5 Å². The van der Waals surface area contributed by atoms with Crippen molar-refractivity contribution in [1.29, 1.82) is 0 Å². The van der Waals surface area contributed by atoms with Crippen LogP contribution in [0, 0.1) is 6.92 Å². The van der Waals surface area contributed by atoms with Gasteiger partial charge in [-0.3, -0.25) is 9.59 Å². The molecular weight excluding hydrogens is 352 g/mol. The highest BCUT2D eigenvalue weighted by atomic mass is 35.5. The minimum absolute atomic E-state index is 0.160. The van der Waals surface area contributed by atoms with E-state index >= 15 is 0 Å². The third-order valence-corrected chi connectivity index (χ3v) is 4.93. The molecular formula is C20H21ClN2O3. The standard InChI is InChI=1S/C20H21ClN2O3/c1-13-3-6-15(11-17(13)21)23-19(24)12-18(20(23)25)22-10-9-14-4-7-16(26-2)8-5-14/h3-8,11,18,22H,9-10,12H2,1-2H3. The Morgan fingerprint density at radius 3 is 2.58 bits per heavy atom. The first-order valence-electron chi connectivity index (χ1n) is 8.49. The van der Waals surface area contributed by atoms with E-state index in [1.54, 1.807) is 19.2 Å². The molecule has 1 saturated heterocycles. The van der Waals surface area contributed by atoms with Gasteiger partial charge in [-0.25, -0.2) is 4.90 Å². The zero-order chi connectivity index (χ0) is 18.7. The summed E-state index contributed by atoms with van der Waals surface area (Å²) in [5, 5.41) is 3.73. The zero-order valence-corrected chi connectivity index (χ0v) is 15.5. The van der Waals surface area contributed by atoms with Gasteiger partial charge in [-0.1, -0.05) is 29.8 Å². The number of aryl methyl sites for hydroxylation is 1. The van der Waals surface area contributed by atoms with Gasteiger partial charge in [0, 0.05) is 5.02 Å². The van der Waals surface area contributed by atoms with Crippen LogP contribution in [0.15, 0.2) is 42.5 Å². The molecule has 136 valence electrons. The van der Waals surface area contributed by atoms with Crippen LogP contribution in [0.1, 0.15) is 17.5 Å². The van der Waals surface area contributed by atoms with Crippen LogP contribution in [-0.2, 0) is 16.0 Å². The van der Waals surface area contributed by atoms with Gasteiger partial charge in [0.15, 0.2) is 0 Å². The Labute approximate surface area is 157 Å². The van der Waals surface area contributed by atoms with E-state index in [4.69, 9.17) is 16.3 Å². The molecule has 1 aliphatic heterocycles. The van der Waals surface area contributed by atoms with Crippen LogP contribution in [0.2, 0.25) is 5.02 Å². The fourth-order valence-corrected chi connectivity index (χ4v) is 3.14. The van der Waals surface area contributed by atoms with Crippen molar-refractivity contribution in [3.8, 4) is 5.75 Å². The monoisotopic (exact) mass is 372 g/mol. The molecule has 0 radical (unpaired) electrons. The van der Waals surface area contributed by atoms with Gasteiger partial charge in [0.2, 0.25) is 5.91 Å². The van der Waals surface area contributed by atoms with Crippen molar-refractivity contribution >= 4 is 29.1 Å². The van der Waals surface area contributed by atoms with Crippen molar-refractivity contribution in [3.05, 3.63) is 58.6 Å². The summed E-state index contributed by atoms with van der Waals surface area (Å²) in [4.78, 5) is 26.1. The number of imide groups is 1. The van der Waals surface area contributed by atoms with Crippen LogP contribution in [0.5, 0.6) is 5.75 Å². The third-order valence-electron chi connectivity index (χ3n) is 4.52. The van der Waals surface area contributed by atoms with E-state index in [2.05, 4.69) is 5.32 Å². The van der Waals surface area contributed by atoms with E-state index in [-0.39, 0.29) is 18.2 Å². The second-order valence-corrected chi connectivity index (χ2v) is 6.72. The lowest BCUT2D eigenvalue weighted by Crippen LogP contribution is -2.39. The van der Waals surface area contributed by atoms with E-state index in [1.165, 1.54) is 4.90 Å². The Morgan fingerprint density at radius 1 is 1.19 bits per heavy atom. The SMILES string of the molecule is COc1ccc(CCNC2CC(=O)N(c3ccc(C)c(Cl)c3)C2=O)cc1. The van der Waals surface area contributed by atoms with Crippen molar-refractivity contribution in [3.63, 3.8) is 0 Å². The van der Waals surface area contributed by atoms with E-state index in [9.17, 15) is 9.59 Å². The quantitative estimate of drug-likeness (QED) is 0.791. The first-order chi connectivity index (χ1) is 12.5. The largest absolute Gasteiger partial charge is 0.497 e. The normalized spacial score (nSPS) is 17.0. The smallest absolute Gasteiger partial charge is 0.251 e. The summed E-state index contributed by atoms with van der Waals surface area (Å²) in [5.74, 6) is 0.368. The van der Waals surface area contributed by atoms with Crippen molar-refractivity contribution in [2.24, 2.45) is 0 Å². The molecule has 0 saturated carbocycles. The average Bonchev–Trinajstić information content (AvgIpc) is 2.92. The highest BCUT2D eigenvalue weighted by Crippen LogP contribution is 2.27. The molecule has 6 heteroatoms. The molecule has 26 heavy (non-hydrogen) atoms. The summed E-state index contributed by atoms with van der Waals surface area (Å²) < 4.78 is 5.14. The number of rotatable bonds is 6. The van der Waals surface area contributed by atoms with Crippen LogP contribution < -0.4 is 15.0 Å². The van der Waals surface area contributed by atoms with Gasteiger partial charge in [-0.2, -0.15) is 0 Å². The highest BCUT2D eigenvalue weighted by Gasteiger charge is 2.39.